The highest BCUT2D eigenvalue weighted by atomic mass is 16.6. The van der Waals surface area contributed by atoms with Gasteiger partial charge in [0, 0.05) is 6.07 Å². The molecule has 0 saturated carbocycles. The molecule has 0 bridgehead atoms. The first-order chi connectivity index (χ1) is 9.95. The molecule has 8 nitrogen and oxygen atoms in total. The molecule has 1 unspecified atom stereocenters. The van der Waals surface area contributed by atoms with E-state index >= 15 is 0 Å². The lowest BCUT2D eigenvalue weighted by Crippen LogP contribution is -2.43. The molecule has 0 spiro atoms. The van der Waals surface area contributed by atoms with Gasteiger partial charge in [0.25, 0.3) is 5.69 Å². The number of nitrogens with zero attached hydrogens (tertiary/aromatic N) is 1. The number of benzene rings is 1. The SMILES string of the molecule is CCCC(NC(=O)CNc1ccccc1[N+](=O)[O-])C(=O)O. The minimum atomic E-state index is -1.10. The second-order valence-corrected chi connectivity index (χ2v) is 4.37. The molecule has 21 heavy (non-hydrogen) atoms. The fourth-order valence-electron chi connectivity index (χ4n) is 1.75. The van der Waals surface area contributed by atoms with Crippen molar-refractivity contribution < 1.29 is 19.6 Å². The molecule has 0 aliphatic heterocycles. The normalized spacial score (nSPS) is 11.5. The number of aliphatic carboxylic acids is 1. The summed E-state index contributed by atoms with van der Waals surface area (Å²) in [4.78, 5) is 32.8. The van der Waals surface area contributed by atoms with Gasteiger partial charge in [-0.15, -0.1) is 0 Å². The summed E-state index contributed by atoms with van der Waals surface area (Å²) in [6.45, 7) is 1.58. The number of hydrogen-bond donors (Lipinski definition) is 3. The van der Waals surface area contributed by atoms with Crippen molar-refractivity contribution in [3.8, 4) is 0 Å². The standard InChI is InChI=1S/C13H17N3O5/c1-2-5-10(13(18)19)15-12(17)8-14-9-6-3-4-7-11(9)16(20)21/h3-4,6-7,10,14H,2,5,8H2,1H3,(H,15,17)(H,18,19). The molecule has 1 amide bonds. The molecule has 1 atom stereocenters. The van der Waals surface area contributed by atoms with Gasteiger partial charge in [0.15, 0.2) is 0 Å². The maximum absolute atomic E-state index is 11.7. The average Bonchev–Trinajstić information content (AvgIpc) is 2.44. The third-order valence-corrected chi connectivity index (χ3v) is 2.75. The summed E-state index contributed by atoms with van der Waals surface area (Å²) in [5.74, 6) is -1.63. The molecule has 0 saturated heterocycles. The van der Waals surface area contributed by atoms with Crippen LogP contribution in [0.3, 0.4) is 0 Å². The van der Waals surface area contributed by atoms with E-state index in [1.54, 1.807) is 6.07 Å². The monoisotopic (exact) mass is 295 g/mol. The molecule has 0 aromatic heterocycles. The van der Waals surface area contributed by atoms with Crippen LogP contribution < -0.4 is 10.6 Å². The van der Waals surface area contributed by atoms with Gasteiger partial charge >= 0.3 is 5.97 Å². The first-order valence-corrected chi connectivity index (χ1v) is 6.45. The van der Waals surface area contributed by atoms with Gasteiger partial charge in [0.2, 0.25) is 5.91 Å². The molecule has 1 aromatic carbocycles. The molecule has 0 radical (unpaired) electrons. The molecule has 0 fully saturated rings. The molecule has 8 heteroatoms. The zero-order chi connectivity index (χ0) is 15.8. The number of amides is 1. The Morgan fingerprint density at radius 2 is 2.05 bits per heavy atom. The Labute approximate surface area is 121 Å². The highest BCUT2D eigenvalue weighted by Gasteiger charge is 2.19. The number of nitrogens with one attached hydrogen (secondary N) is 2. The number of para-hydroxylation sites is 2. The van der Waals surface area contributed by atoms with E-state index in [1.165, 1.54) is 18.2 Å². The summed E-state index contributed by atoms with van der Waals surface area (Å²) >= 11 is 0. The fraction of sp³-hybridized carbons (Fsp3) is 0.385. The first-order valence-electron chi connectivity index (χ1n) is 6.45. The number of carbonyl (C=O) groups excluding carboxylic acids is 1. The van der Waals surface area contributed by atoms with Crippen molar-refractivity contribution in [1.29, 1.82) is 0 Å². The summed E-state index contributed by atoms with van der Waals surface area (Å²) in [6.07, 6.45) is 0.946. The Morgan fingerprint density at radius 1 is 1.38 bits per heavy atom. The summed E-state index contributed by atoms with van der Waals surface area (Å²) < 4.78 is 0. The lowest BCUT2D eigenvalue weighted by atomic mass is 10.1. The predicted molar refractivity (Wildman–Crippen MR) is 76.1 cm³/mol. The van der Waals surface area contributed by atoms with E-state index in [-0.39, 0.29) is 17.9 Å². The van der Waals surface area contributed by atoms with E-state index < -0.39 is 22.8 Å². The molecule has 1 aromatic rings. The maximum Gasteiger partial charge on any atom is 0.326 e. The summed E-state index contributed by atoms with van der Waals surface area (Å²) in [6, 6.07) is 4.97. The lowest BCUT2D eigenvalue weighted by Gasteiger charge is -2.14. The average molecular weight is 295 g/mol. The van der Waals surface area contributed by atoms with Crippen molar-refractivity contribution in [2.75, 3.05) is 11.9 Å². The molecular weight excluding hydrogens is 278 g/mol. The zero-order valence-corrected chi connectivity index (χ0v) is 11.5. The van der Waals surface area contributed by atoms with E-state index in [0.29, 0.717) is 12.8 Å². The maximum atomic E-state index is 11.7. The molecular formula is C13H17N3O5. The van der Waals surface area contributed by atoms with Gasteiger partial charge in [-0.1, -0.05) is 25.5 Å². The topological polar surface area (TPSA) is 122 Å². The van der Waals surface area contributed by atoms with Crippen LogP contribution in [0.2, 0.25) is 0 Å². The molecule has 0 aliphatic carbocycles. The van der Waals surface area contributed by atoms with E-state index in [4.69, 9.17) is 5.11 Å². The summed E-state index contributed by atoms with van der Waals surface area (Å²) in [5, 5.41) is 24.7. The second-order valence-electron chi connectivity index (χ2n) is 4.37. The zero-order valence-electron chi connectivity index (χ0n) is 11.5. The first kappa shape index (κ1) is 16.4. The Kier molecular flexibility index (Phi) is 6.12. The third kappa shape index (κ3) is 5.09. The van der Waals surface area contributed by atoms with Gasteiger partial charge in [-0.05, 0) is 12.5 Å². The number of nitro groups is 1. The Balaban J connectivity index is 2.61. The van der Waals surface area contributed by atoms with Crippen molar-refractivity contribution >= 4 is 23.3 Å². The molecule has 114 valence electrons. The number of carboxylic acid groups (broad SMARTS) is 1. The molecule has 3 N–H and O–H groups in total. The van der Waals surface area contributed by atoms with Crippen molar-refractivity contribution in [1.82, 2.24) is 5.32 Å². The number of nitro benzene ring substituents is 1. The van der Waals surface area contributed by atoms with Crippen molar-refractivity contribution in [3.05, 3.63) is 34.4 Å². The Bertz CT molecular complexity index is 532. The van der Waals surface area contributed by atoms with Gasteiger partial charge in [-0.3, -0.25) is 14.9 Å². The number of anilines is 1. The predicted octanol–water partition coefficient (Wildman–Crippen LogP) is 1.38. The van der Waals surface area contributed by atoms with E-state index in [9.17, 15) is 19.7 Å². The smallest absolute Gasteiger partial charge is 0.326 e. The van der Waals surface area contributed by atoms with Gasteiger partial charge in [-0.25, -0.2) is 4.79 Å². The van der Waals surface area contributed by atoms with Gasteiger partial charge in [0.1, 0.15) is 11.7 Å². The van der Waals surface area contributed by atoms with Gasteiger partial charge < -0.3 is 15.7 Å². The van der Waals surface area contributed by atoms with Gasteiger partial charge in [-0.2, -0.15) is 0 Å². The van der Waals surface area contributed by atoms with Crippen LogP contribution in [0.25, 0.3) is 0 Å². The number of carbonyl (C=O) groups is 2. The number of rotatable bonds is 8. The minimum Gasteiger partial charge on any atom is -0.480 e. The van der Waals surface area contributed by atoms with Crippen LogP contribution in [0, 0.1) is 10.1 Å². The van der Waals surface area contributed by atoms with Crippen LogP contribution in [0.1, 0.15) is 19.8 Å². The van der Waals surface area contributed by atoms with E-state index in [2.05, 4.69) is 10.6 Å². The molecule has 0 aliphatic rings. The lowest BCUT2D eigenvalue weighted by molar-refractivity contribution is -0.383. The van der Waals surface area contributed by atoms with Gasteiger partial charge in [0.05, 0.1) is 11.5 Å². The largest absolute Gasteiger partial charge is 0.480 e. The Hall–Kier alpha value is -2.64. The van der Waals surface area contributed by atoms with Crippen molar-refractivity contribution in [2.24, 2.45) is 0 Å². The van der Waals surface area contributed by atoms with Crippen molar-refractivity contribution in [3.63, 3.8) is 0 Å². The quantitative estimate of drug-likeness (QED) is 0.492. The van der Waals surface area contributed by atoms with Crippen LogP contribution in [0.5, 0.6) is 0 Å². The van der Waals surface area contributed by atoms with Crippen LogP contribution in [0.4, 0.5) is 11.4 Å². The second kappa shape index (κ2) is 7.83. The summed E-state index contributed by atoms with van der Waals surface area (Å²) in [5.41, 5.74) is 0.0636. The highest BCUT2D eigenvalue weighted by Crippen LogP contribution is 2.22. The van der Waals surface area contributed by atoms with Crippen LogP contribution in [0.15, 0.2) is 24.3 Å². The van der Waals surface area contributed by atoms with E-state index in [1.807, 2.05) is 6.92 Å². The molecule has 1 rings (SSSR count). The van der Waals surface area contributed by atoms with Crippen molar-refractivity contribution in [2.45, 2.75) is 25.8 Å². The fourth-order valence-corrected chi connectivity index (χ4v) is 1.75. The summed E-state index contributed by atoms with van der Waals surface area (Å²) in [7, 11) is 0. The third-order valence-electron chi connectivity index (χ3n) is 2.75. The number of hydrogen-bond acceptors (Lipinski definition) is 5. The highest BCUT2D eigenvalue weighted by molar-refractivity contribution is 5.86. The Morgan fingerprint density at radius 3 is 2.62 bits per heavy atom. The van der Waals surface area contributed by atoms with Crippen LogP contribution in [-0.4, -0.2) is 34.5 Å². The number of carboxylic acids is 1. The minimum absolute atomic E-state index is 0.145. The van der Waals surface area contributed by atoms with Crippen LogP contribution >= 0.6 is 0 Å². The van der Waals surface area contributed by atoms with E-state index in [0.717, 1.165) is 0 Å². The van der Waals surface area contributed by atoms with Crippen LogP contribution in [-0.2, 0) is 9.59 Å². The molecule has 0 heterocycles.